The number of fused-ring (bicyclic) bond motifs is 1. The molecule has 2 saturated heterocycles. The number of carbonyl (C=O) groups is 3. The molecule has 0 bridgehead atoms. The molecule has 1 aromatic rings. The Morgan fingerprint density at radius 3 is 2.79 bits per heavy atom. The van der Waals surface area contributed by atoms with Crippen LogP contribution in [0.5, 0.6) is 0 Å². The van der Waals surface area contributed by atoms with Crippen molar-refractivity contribution >= 4 is 51.9 Å². The molecule has 2 amide bonds. The average Bonchev–Trinajstić information content (AvgIpc) is 3.37. The molecule has 154 valence electrons. The van der Waals surface area contributed by atoms with Gasteiger partial charge in [0.15, 0.2) is 5.13 Å². The predicted molar refractivity (Wildman–Crippen MR) is 101 cm³/mol. The molecule has 1 aromatic heterocycles. The third-order valence-electron chi connectivity index (χ3n) is 4.77. The predicted octanol–water partition coefficient (Wildman–Crippen LogP) is -0.784. The number of thioether (sulfide) groups is 1. The molecule has 2 fully saturated rings. The van der Waals surface area contributed by atoms with Gasteiger partial charge in [-0.25, -0.2) is 4.79 Å². The van der Waals surface area contributed by atoms with Crippen LogP contribution in [-0.2, 0) is 19.1 Å². The molecule has 3 aliphatic rings. The summed E-state index contributed by atoms with van der Waals surface area (Å²) in [4.78, 5) is 41.9. The number of hydrogen-bond acceptors (Lipinski definition) is 11. The molecule has 0 aliphatic carbocycles. The number of oxime groups is 1. The largest absolute Gasteiger partial charge is 0.477 e. The Hall–Kier alpha value is -2.71. The lowest BCUT2D eigenvalue weighted by atomic mass is 9.99. The van der Waals surface area contributed by atoms with Crippen molar-refractivity contribution in [2.24, 2.45) is 5.16 Å². The summed E-state index contributed by atoms with van der Waals surface area (Å²) in [6.07, 6.45) is 1.23. The number of β-lactam (4-membered cyclic amide) rings is 1. The highest BCUT2D eigenvalue weighted by Gasteiger charge is 2.55. The number of aromatic nitrogens is 2. The number of aliphatic carboxylic acids is 1. The Labute approximate surface area is 171 Å². The van der Waals surface area contributed by atoms with Crippen molar-refractivity contribution < 1.29 is 29.4 Å². The maximum absolute atomic E-state index is 12.7. The van der Waals surface area contributed by atoms with E-state index >= 15 is 0 Å². The van der Waals surface area contributed by atoms with Gasteiger partial charge in [0, 0.05) is 23.9 Å². The fraction of sp³-hybridized carbons (Fsp3) is 0.467. The van der Waals surface area contributed by atoms with Gasteiger partial charge in [0.2, 0.25) is 11.5 Å². The number of nitrogen functional groups attached to an aromatic ring is 1. The Morgan fingerprint density at radius 2 is 2.21 bits per heavy atom. The number of anilines is 1. The summed E-state index contributed by atoms with van der Waals surface area (Å²) in [5.74, 6) is -2.43. The molecule has 3 atom stereocenters. The Bertz CT molecular complexity index is 939. The highest BCUT2D eigenvalue weighted by atomic mass is 32.2. The topological polar surface area (TPSA) is 180 Å². The second-order valence-electron chi connectivity index (χ2n) is 6.45. The number of carbonyl (C=O) groups excluding carboxylic acids is 2. The van der Waals surface area contributed by atoms with Crippen molar-refractivity contribution in [3.8, 4) is 0 Å². The monoisotopic (exact) mass is 440 g/mol. The summed E-state index contributed by atoms with van der Waals surface area (Å²) in [6, 6.07) is -0.972. The zero-order valence-electron chi connectivity index (χ0n) is 14.8. The molecule has 14 heteroatoms. The number of rotatable bonds is 5. The molecule has 29 heavy (non-hydrogen) atoms. The van der Waals surface area contributed by atoms with Gasteiger partial charge in [-0.05, 0) is 18.4 Å². The van der Waals surface area contributed by atoms with Crippen LogP contribution in [0.25, 0.3) is 0 Å². The lowest BCUT2D eigenvalue weighted by Gasteiger charge is -2.49. The molecule has 3 aliphatic heterocycles. The van der Waals surface area contributed by atoms with E-state index in [1.807, 2.05) is 0 Å². The summed E-state index contributed by atoms with van der Waals surface area (Å²) in [5.41, 5.74) is 5.48. The zero-order valence-corrected chi connectivity index (χ0v) is 16.4. The summed E-state index contributed by atoms with van der Waals surface area (Å²) in [6.45, 7) is 0.556. The standard InChI is InChI=1S/C15H16N6O6S2/c16-15-18-10(20-29-15)7(19-26)11(22)17-8-12(23)21-9(14(24)25)5(4-28-13(8)21)6-2-1-3-27-6/h6,8,13,26H,1-4H2,(H,17,22)(H,24,25)(H2,16,18,20)/b19-7-/t6-,8+,13+/m0/s1. The van der Waals surface area contributed by atoms with E-state index in [1.54, 1.807) is 0 Å². The molecule has 4 rings (SSSR count). The van der Waals surface area contributed by atoms with E-state index in [1.165, 1.54) is 16.7 Å². The third kappa shape index (κ3) is 3.32. The van der Waals surface area contributed by atoms with E-state index in [9.17, 15) is 19.5 Å². The molecule has 12 nitrogen and oxygen atoms in total. The van der Waals surface area contributed by atoms with E-state index in [0.717, 1.165) is 18.0 Å². The smallest absolute Gasteiger partial charge is 0.352 e. The SMILES string of the molecule is Nc1nc(/C(=N/O)C(=O)N[C@@H]2C(=O)N3C(C(=O)O)=C([C@@H]4CCCO4)CS[C@H]23)ns1. The van der Waals surface area contributed by atoms with E-state index < -0.39 is 34.9 Å². The van der Waals surface area contributed by atoms with Crippen LogP contribution in [0.1, 0.15) is 18.7 Å². The zero-order chi connectivity index (χ0) is 20.7. The molecule has 0 spiro atoms. The fourth-order valence-electron chi connectivity index (χ4n) is 3.47. The summed E-state index contributed by atoms with van der Waals surface area (Å²) in [5, 5.41) is 23.7. The van der Waals surface area contributed by atoms with Crippen molar-refractivity contribution in [1.29, 1.82) is 0 Å². The highest BCUT2D eigenvalue weighted by molar-refractivity contribution is 8.00. The number of nitrogens with one attached hydrogen (secondary N) is 1. The molecule has 0 saturated carbocycles. The Balaban J connectivity index is 1.52. The van der Waals surface area contributed by atoms with Crippen LogP contribution < -0.4 is 11.1 Å². The number of amides is 2. The average molecular weight is 440 g/mol. The lowest BCUT2D eigenvalue weighted by Crippen LogP contribution is -2.71. The van der Waals surface area contributed by atoms with Gasteiger partial charge in [-0.3, -0.25) is 14.5 Å². The number of carboxylic acids is 1. The Kier molecular flexibility index (Phi) is 5.14. The van der Waals surface area contributed by atoms with Crippen molar-refractivity contribution in [2.45, 2.75) is 30.4 Å². The maximum Gasteiger partial charge on any atom is 0.352 e. The first-order valence-electron chi connectivity index (χ1n) is 8.57. The summed E-state index contributed by atoms with van der Waals surface area (Å²) >= 11 is 2.16. The van der Waals surface area contributed by atoms with Crippen LogP contribution in [0.4, 0.5) is 5.13 Å². The van der Waals surface area contributed by atoms with Gasteiger partial charge in [-0.1, -0.05) is 5.16 Å². The van der Waals surface area contributed by atoms with Gasteiger partial charge in [-0.2, -0.15) is 9.36 Å². The van der Waals surface area contributed by atoms with E-state index in [-0.39, 0.29) is 22.8 Å². The molecule has 0 unspecified atom stereocenters. The van der Waals surface area contributed by atoms with Crippen molar-refractivity contribution in [3.63, 3.8) is 0 Å². The number of nitrogens with two attached hydrogens (primary N) is 1. The van der Waals surface area contributed by atoms with Gasteiger partial charge in [0.1, 0.15) is 17.1 Å². The number of ether oxygens (including phenoxy) is 1. The molecular weight excluding hydrogens is 424 g/mol. The minimum Gasteiger partial charge on any atom is -0.477 e. The van der Waals surface area contributed by atoms with Crippen molar-refractivity contribution in [2.75, 3.05) is 18.1 Å². The normalized spacial score (nSPS) is 26.9. The van der Waals surface area contributed by atoms with Gasteiger partial charge in [-0.15, -0.1) is 11.8 Å². The second-order valence-corrected chi connectivity index (χ2v) is 8.33. The lowest BCUT2D eigenvalue weighted by molar-refractivity contribution is -0.150. The number of carboxylic acid groups (broad SMARTS) is 1. The van der Waals surface area contributed by atoms with Crippen LogP contribution in [0.15, 0.2) is 16.4 Å². The van der Waals surface area contributed by atoms with Crippen molar-refractivity contribution in [1.82, 2.24) is 19.6 Å². The summed E-state index contributed by atoms with van der Waals surface area (Å²) < 4.78 is 9.40. The van der Waals surface area contributed by atoms with Crippen LogP contribution in [0.2, 0.25) is 0 Å². The van der Waals surface area contributed by atoms with E-state index in [0.29, 0.717) is 24.4 Å². The van der Waals surface area contributed by atoms with Crippen LogP contribution in [-0.4, -0.2) is 77.9 Å². The first-order chi connectivity index (χ1) is 13.9. The van der Waals surface area contributed by atoms with Crippen LogP contribution >= 0.6 is 23.3 Å². The van der Waals surface area contributed by atoms with Gasteiger partial charge < -0.3 is 26.1 Å². The van der Waals surface area contributed by atoms with Crippen molar-refractivity contribution in [3.05, 3.63) is 17.1 Å². The number of nitrogens with zero attached hydrogens (tertiary/aromatic N) is 4. The quantitative estimate of drug-likeness (QED) is 0.196. The highest BCUT2D eigenvalue weighted by Crippen LogP contribution is 2.42. The minimum absolute atomic E-state index is 0.0823. The molecular formula is C15H16N6O6S2. The van der Waals surface area contributed by atoms with E-state index in [4.69, 9.17) is 15.7 Å². The van der Waals surface area contributed by atoms with Crippen LogP contribution in [0, 0.1) is 0 Å². The molecule has 5 N–H and O–H groups in total. The maximum atomic E-state index is 12.7. The van der Waals surface area contributed by atoms with Gasteiger partial charge >= 0.3 is 5.97 Å². The first-order valence-corrected chi connectivity index (χ1v) is 10.4. The van der Waals surface area contributed by atoms with E-state index in [2.05, 4.69) is 19.8 Å². The molecule has 0 radical (unpaired) electrons. The third-order valence-corrected chi connectivity index (χ3v) is 6.62. The fourth-order valence-corrected chi connectivity index (χ4v) is 5.32. The second kappa shape index (κ2) is 7.61. The Morgan fingerprint density at radius 1 is 1.41 bits per heavy atom. The summed E-state index contributed by atoms with van der Waals surface area (Å²) in [7, 11) is 0. The molecule has 4 heterocycles. The van der Waals surface area contributed by atoms with Crippen LogP contribution in [0.3, 0.4) is 0 Å². The first kappa shape index (κ1) is 19.6. The molecule has 0 aromatic carbocycles. The van der Waals surface area contributed by atoms with Gasteiger partial charge in [0.25, 0.3) is 11.8 Å². The van der Waals surface area contributed by atoms with Gasteiger partial charge in [0.05, 0.1) is 6.10 Å². The number of hydrogen-bond donors (Lipinski definition) is 4. The minimum atomic E-state index is -1.21.